The molecular formula is C26H31F3N8O4S. The largest absolute Gasteiger partial charge is 0.340 e. The van der Waals surface area contributed by atoms with Crippen LogP contribution in [0.5, 0.6) is 0 Å². The number of anilines is 2. The summed E-state index contributed by atoms with van der Waals surface area (Å²) in [5, 5.41) is 4.18. The summed E-state index contributed by atoms with van der Waals surface area (Å²) in [5.74, 6) is -2.04. The number of carbonyl (C=O) groups excluding carboxylic acids is 1. The second-order valence-electron chi connectivity index (χ2n) is 10.2. The molecule has 226 valence electrons. The number of hydrazine groups is 1. The first kappa shape index (κ1) is 29.7. The van der Waals surface area contributed by atoms with E-state index in [-0.39, 0.29) is 36.6 Å². The number of fused-ring (bicyclic) bond motifs is 1. The van der Waals surface area contributed by atoms with Crippen molar-refractivity contribution in [1.82, 2.24) is 28.7 Å². The average Bonchev–Trinajstić information content (AvgIpc) is 3.41. The lowest BCUT2D eigenvalue weighted by atomic mass is 10.0. The zero-order chi connectivity index (χ0) is 30.3. The maximum absolute atomic E-state index is 15.6. The highest BCUT2D eigenvalue weighted by Crippen LogP contribution is 2.32. The van der Waals surface area contributed by atoms with Crippen molar-refractivity contribution in [3.05, 3.63) is 46.4 Å². The number of amides is 1. The molecule has 2 saturated heterocycles. The molecule has 2 fully saturated rings. The van der Waals surface area contributed by atoms with E-state index in [1.165, 1.54) is 26.2 Å². The van der Waals surface area contributed by atoms with Gasteiger partial charge in [0.15, 0.2) is 5.82 Å². The lowest BCUT2D eigenvalue weighted by Gasteiger charge is -2.40. The number of hydrogen-bond acceptors (Lipinski definition) is 8. The van der Waals surface area contributed by atoms with Gasteiger partial charge in [0.2, 0.25) is 11.9 Å². The Balaban J connectivity index is 1.49. The number of nitrogens with one attached hydrogen (secondary N) is 1. The van der Waals surface area contributed by atoms with E-state index in [1.54, 1.807) is 4.90 Å². The molecule has 16 heteroatoms. The van der Waals surface area contributed by atoms with Crippen LogP contribution in [0.25, 0.3) is 22.2 Å². The first-order chi connectivity index (χ1) is 19.9. The second-order valence-corrected chi connectivity index (χ2v) is 11.9. The topological polar surface area (TPSA) is 124 Å². The van der Waals surface area contributed by atoms with Crippen LogP contribution in [0, 0.1) is 11.6 Å². The van der Waals surface area contributed by atoms with Crippen molar-refractivity contribution >= 4 is 38.8 Å². The molecule has 3 aromatic rings. The maximum atomic E-state index is 15.6. The molecule has 4 heterocycles. The molecule has 0 unspecified atom stereocenters. The molecule has 2 aliphatic rings. The van der Waals surface area contributed by atoms with Gasteiger partial charge in [0.25, 0.3) is 5.56 Å². The summed E-state index contributed by atoms with van der Waals surface area (Å²) in [6.07, 6.45) is 0.125. The number of halogens is 3. The third-order valence-corrected chi connectivity index (χ3v) is 9.03. The van der Waals surface area contributed by atoms with Gasteiger partial charge in [-0.3, -0.25) is 23.9 Å². The first-order valence-electron chi connectivity index (χ1n) is 13.5. The van der Waals surface area contributed by atoms with E-state index in [1.807, 2.05) is 21.7 Å². The molecule has 0 saturated carbocycles. The van der Waals surface area contributed by atoms with Gasteiger partial charge in [-0.25, -0.2) is 23.2 Å². The molecule has 1 amide bonds. The zero-order valence-corrected chi connectivity index (χ0v) is 24.2. The van der Waals surface area contributed by atoms with Crippen LogP contribution in [0.1, 0.15) is 20.3 Å². The fraction of sp³-hybridized carbons (Fsp3) is 0.462. The van der Waals surface area contributed by atoms with E-state index in [9.17, 15) is 22.4 Å². The summed E-state index contributed by atoms with van der Waals surface area (Å²) in [6.45, 7) is 5.72. The maximum Gasteiger partial charge on any atom is 0.301 e. The summed E-state index contributed by atoms with van der Waals surface area (Å²) >= 11 is 0. The molecule has 0 spiro atoms. The van der Waals surface area contributed by atoms with Gasteiger partial charge in [0.05, 0.1) is 16.8 Å². The Bertz CT molecular complexity index is 1700. The quantitative estimate of drug-likeness (QED) is 0.432. The van der Waals surface area contributed by atoms with Gasteiger partial charge in [-0.15, -0.1) is 0 Å². The number of aromatic nitrogens is 3. The van der Waals surface area contributed by atoms with Gasteiger partial charge in [-0.05, 0) is 31.5 Å². The van der Waals surface area contributed by atoms with Gasteiger partial charge in [0.1, 0.15) is 17.6 Å². The van der Waals surface area contributed by atoms with Crippen molar-refractivity contribution in [2.45, 2.75) is 26.4 Å². The molecule has 2 aromatic heterocycles. The molecule has 5 rings (SSSR count). The van der Waals surface area contributed by atoms with Gasteiger partial charge in [-0.2, -0.15) is 17.7 Å². The number of piperazine rings is 1. The average molecular weight is 609 g/mol. The second kappa shape index (κ2) is 11.5. The predicted molar refractivity (Wildman–Crippen MR) is 151 cm³/mol. The van der Waals surface area contributed by atoms with Gasteiger partial charge in [-0.1, -0.05) is 0 Å². The first-order valence-corrected chi connectivity index (χ1v) is 14.9. The molecule has 1 aromatic carbocycles. The van der Waals surface area contributed by atoms with Crippen LogP contribution in [0.15, 0.2) is 29.2 Å². The molecule has 0 radical (unpaired) electrons. The van der Waals surface area contributed by atoms with E-state index >= 15 is 8.78 Å². The molecule has 2 aliphatic heterocycles. The van der Waals surface area contributed by atoms with E-state index in [0.717, 1.165) is 21.0 Å². The standard InChI is InChI=1S/C26H31F3N8O4S/c1-4-37(35-11-9-34(10-12-35)16(2)38)26-30-14-17-13-19(25(39)33(3)24(17)31-26)22-20(28)5-6-21(23(22)29)32-42(40,41)36-8-7-18(27)15-36/h5-6,13-14,18,32H,4,7-12,15H2,1-3H3/t18-/m1/s1. The minimum absolute atomic E-state index is 0.00260. The Kier molecular flexibility index (Phi) is 8.13. The minimum atomic E-state index is -4.32. The number of alkyl halides is 1. The number of rotatable bonds is 7. The van der Waals surface area contributed by atoms with Crippen LogP contribution in [0.3, 0.4) is 0 Å². The predicted octanol–water partition coefficient (Wildman–Crippen LogP) is 1.88. The molecule has 1 atom stereocenters. The highest BCUT2D eigenvalue weighted by molar-refractivity contribution is 7.90. The summed E-state index contributed by atoms with van der Waals surface area (Å²) in [4.78, 5) is 35.9. The number of aryl methyl sites for hydroxylation is 1. The van der Waals surface area contributed by atoms with Crippen LogP contribution in [-0.4, -0.2) is 95.1 Å². The lowest BCUT2D eigenvalue weighted by molar-refractivity contribution is -0.130. The van der Waals surface area contributed by atoms with Crippen LogP contribution in [0.2, 0.25) is 0 Å². The van der Waals surface area contributed by atoms with E-state index < -0.39 is 44.8 Å². The summed E-state index contributed by atoms with van der Waals surface area (Å²) in [6, 6.07) is 3.02. The minimum Gasteiger partial charge on any atom is -0.340 e. The van der Waals surface area contributed by atoms with E-state index in [4.69, 9.17) is 0 Å². The van der Waals surface area contributed by atoms with Crippen molar-refractivity contribution < 1.29 is 26.4 Å². The van der Waals surface area contributed by atoms with Crippen LogP contribution in [-0.2, 0) is 22.1 Å². The van der Waals surface area contributed by atoms with Crippen molar-refractivity contribution in [2.75, 3.05) is 55.5 Å². The number of hydrogen-bond donors (Lipinski definition) is 1. The Hall–Kier alpha value is -3.76. The molecule has 12 nitrogen and oxygen atoms in total. The van der Waals surface area contributed by atoms with Crippen LogP contribution >= 0.6 is 0 Å². The van der Waals surface area contributed by atoms with Gasteiger partial charge in [0, 0.05) is 71.4 Å². The van der Waals surface area contributed by atoms with Crippen LogP contribution < -0.4 is 15.3 Å². The monoisotopic (exact) mass is 608 g/mol. The van der Waals surface area contributed by atoms with Crippen molar-refractivity contribution in [3.63, 3.8) is 0 Å². The molecule has 0 aliphatic carbocycles. The lowest BCUT2D eigenvalue weighted by Crippen LogP contribution is -2.55. The van der Waals surface area contributed by atoms with Crippen molar-refractivity contribution in [2.24, 2.45) is 7.05 Å². The van der Waals surface area contributed by atoms with Crippen molar-refractivity contribution in [3.8, 4) is 11.1 Å². The third kappa shape index (κ3) is 5.53. The third-order valence-electron chi connectivity index (χ3n) is 7.54. The number of pyridine rings is 1. The Morgan fingerprint density at radius 3 is 2.50 bits per heavy atom. The highest BCUT2D eigenvalue weighted by Gasteiger charge is 2.33. The fourth-order valence-electron chi connectivity index (χ4n) is 5.25. The summed E-state index contributed by atoms with van der Waals surface area (Å²) in [7, 11) is -2.90. The normalized spacial score (nSPS) is 18.5. The van der Waals surface area contributed by atoms with Crippen LogP contribution in [0.4, 0.5) is 24.8 Å². The summed E-state index contributed by atoms with van der Waals surface area (Å²) < 4.78 is 73.6. The fourth-order valence-corrected chi connectivity index (χ4v) is 6.52. The van der Waals surface area contributed by atoms with E-state index in [0.29, 0.717) is 44.1 Å². The smallest absolute Gasteiger partial charge is 0.301 e. The SMILES string of the molecule is CCN(c1ncc2cc(-c3c(F)ccc(NS(=O)(=O)N4CC[C@@H](F)C4)c3F)c(=O)n(C)c2n1)N1CCN(C(C)=O)CC1. The van der Waals surface area contributed by atoms with Gasteiger partial charge < -0.3 is 4.90 Å². The number of benzene rings is 1. The zero-order valence-electron chi connectivity index (χ0n) is 23.3. The van der Waals surface area contributed by atoms with Gasteiger partial charge >= 0.3 is 10.2 Å². The Labute approximate surface area is 240 Å². The molecule has 0 bridgehead atoms. The molecule has 42 heavy (non-hydrogen) atoms. The molecule has 1 N–H and O–H groups in total. The number of nitrogens with zero attached hydrogens (tertiary/aromatic N) is 7. The number of carbonyl (C=O) groups is 1. The van der Waals surface area contributed by atoms with Crippen molar-refractivity contribution in [1.29, 1.82) is 0 Å². The summed E-state index contributed by atoms with van der Waals surface area (Å²) in [5.41, 5.74) is -2.18. The highest BCUT2D eigenvalue weighted by atomic mass is 32.2. The molecular weight excluding hydrogens is 577 g/mol. The Morgan fingerprint density at radius 2 is 1.88 bits per heavy atom. The Morgan fingerprint density at radius 1 is 1.17 bits per heavy atom. The van der Waals surface area contributed by atoms with E-state index in [2.05, 4.69) is 9.97 Å².